The SMILES string of the molecule is CCCCCC(CN(O)C=O)C(=O)NCNC(=O)c1ccc(-c2cccc(C(=O)O)c2OC)o1. The number of rotatable bonds is 14. The number of carboxylic acid groups (broad SMARTS) is 1. The van der Waals surface area contributed by atoms with Gasteiger partial charge in [0.2, 0.25) is 12.3 Å². The Labute approximate surface area is 196 Å². The van der Waals surface area contributed by atoms with Gasteiger partial charge in [-0.25, -0.2) is 9.86 Å². The molecule has 3 amide bonds. The summed E-state index contributed by atoms with van der Waals surface area (Å²) in [6.07, 6.45) is 3.34. The molecule has 0 radical (unpaired) electrons. The monoisotopic (exact) mass is 475 g/mol. The number of unbranched alkanes of at least 4 members (excludes halogenated alkanes) is 2. The predicted octanol–water partition coefficient (Wildman–Crippen LogP) is 2.50. The van der Waals surface area contributed by atoms with Crippen LogP contribution in [-0.2, 0) is 9.59 Å². The van der Waals surface area contributed by atoms with Crippen molar-refractivity contribution >= 4 is 24.2 Å². The predicted molar refractivity (Wildman–Crippen MR) is 120 cm³/mol. The number of hydrogen-bond donors (Lipinski definition) is 4. The summed E-state index contributed by atoms with van der Waals surface area (Å²) in [5.74, 6) is -2.50. The van der Waals surface area contributed by atoms with Crippen LogP contribution in [-0.4, -0.2) is 59.9 Å². The lowest BCUT2D eigenvalue weighted by Crippen LogP contribution is -2.42. The maximum Gasteiger partial charge on any atom is 0.339 e. The fourth-order valence-corrected chi connectivity index (χ4v) is 3.38. The number of carbonyl (C=O) groups is 4. The molecular formula is C23H29N3O8. The van der Waals surface area contributed by atoms with Crippen LogP contribution < -0.4 is 15.4 Å². The van der Waals surface area contributed by atoms with Crippen molar-refractivity contribution in [3.63, 3.8) is 0 Å². The average Bonchev–Trinajstić information content (AvgIpc) is 3.32. The van der Waals surface area contributed by atoms with Crippen LogP contribution in [0, 0.1) is 5.92 Å². The maximum absolute atomic E-state index is 12.5. The van der Waals surface area contributed by atoms with Crippen LogP contribution in [0.25, 0.3) is 11.3 Å². The van der Waals surface area contributed by atoms with Crippen molar-refractivity contribution in [1.29, 1.82) is 0 Å². The first-order chi connectivity index (χ1) is 16.3. The fraction of sp³-hybridized carbons (Fsp3) is 0.391. The number of furan rings is 1. The Morgan fingerprint density at radius 1 is 1.18 bits per heavy atom. The van der Waals surface area contributed by atoms with Gasteiger partial charge in [-0.2, -0.15) is 0 Å². The van der Waals surface area contributed by atoms with Crippen LogP contribution >= 0.6 is 0 Å². The molecule has 1 atom stereocenters. The molecule has 0 saturated heterocycles. The molecule has 2 rings (SSSR count). The summed E-state index contributed by atoms with van der Waals surface area (Å²) >= 11 is 0. The van der Waals surface area contributed by atoms with Crippen LogP contribution in [0.3, 0.4) is 0 Å². The molecule has 0 aliphatic rings. The third kappa shape index (κ3) is 7.07. The number of ether oxygens (including phenoxy) is 1. The lowest BCUT2D eigenvalue weighted by molar-refractivity contribution is -0.154. The maximum atomic E-state index is 12.5. The van der Waals surface area contributed by atoms with Gasteiger partial charge in [0, 0.05) is 0 Å². The highest BCUT2D eigenvalue weighted by Crippen LogP contribution is 2.34. The van der Waals surface area contributed by atoms with Crippen molar-refractivity contribution < 1.29 is 38.6 Å². The number of amides is 3. The van der Waals surface area contributed by atoms with Gasteiger partial charge in [-0.15, -0.1) is 0 Å². The molecule has 1 aromatic carbocycles. The Morgan fingerprint density at radius 3 is 2.59 bits per heavy atom. The van der Waals surface area contributed by atoms with Crippen molar-refractivity contribution in [2.75, 3.05) is 20.3 Å². The molecule has 0 aliphatic heterocycles. The van der Waals surface area contributed by atoms with Gasteiger partial charge in [-0.1, -0.05) is 32.3 Å². The van der Waals surface area contributed by atoms with Crippen molar-refractivity contribution in [3.8, 4) is 17.1 Å². The molecule has 0 fully saturated rings. The Hall–Kier alpha value is -3.86. The summed E-state index contributed by atoms with van der Waals surface area (Å²) in [4.78, 5) is 47.0. The highest BCUT2D eigenvalue weighted by atomic mass is 16.5. The molecule has 1 aromatic heterocycles. The number of benzene rings is 1. The number of aromatic carboxylic acids is 1. The van der Waals surface area contributed by atoms with Gasteiger partial charge < -0.3 is 24.9 Å². The lowest BCUT2D eigenvalue weighted by Gasteiger charge is -2.19. The Balaban J connectivity index is 2.00. The van der Waals surface area contributed by atoms with Crippen molar-refractivity contribution in [2.24, 2.45) is 5.92 Å². The number of methoxy groups -OCH3 is 1. The third-order valence-corrected chi connectivity index (χ3v) is 5.11. The highest BCUT2D eigenvalue weighted by molar-refractivity contribution is 5.95. The summed E-state index contributed by atoms with van der Waals surface area (Å²) in [6, 6.07) is 7.46. The minimum atomic E-state index is -1.16. The molecule has 0 bridgehead atoms. The van der Waals surface area contributed by atoms with E-state index in [1.54, 1.807) is 6.07 Å². The average molecular weight is 475 g/mol. The zero-order chi connectivity index (χ0) is 25.1. The van der Waals surface area contributed by atoms with Crippen LogP contribution in [0.15, 0.2) is 34.7 Å². The van der Waals surface area contributed by atoms with E-state index in [2.05, 4.69) is 10.6 Å². The molecular weight excluding hydrogens is 446 g/mol. The van der Waals surface area contributed by atoms with E-state index in [1.165, 1.54) is 31.4 Å². The Morgan fingerprint density at radius 2 is 1.94 bits per heavy atom. The second-order valence-electron chi connectivity index (χ2n) is 7.50. The number of nitrogens with one attached hydrogen (secondary N) is 2. The summed E-state index contributed by atoms with van der Waals surface area (Å²) in [6.45, 7) is 1.68. The minimum absolute atomic E-state index is 0.0466. The third-order valence-electron chi connectivity index (χ3n) is 5.11. The molecule has 4 N–H and O–H groups in total. The molecule has 1 heterocycles. The van der Waals surface area contributed by atoms with E-state index in [4.69, 9.17) is 9.15 Å². The molecule has 1 unspecified atom stereocenters. The van der Waals surface area contributed by atoms with E-state index in [1.807, 2.05) is 6.92 Å². The quantitative estimate of drug-likeness (QED) is 0.107. The minimum Gasteiger partial charge on any atom is -0.495 e. The Kier molecular flexibility index (Phi) is 10.1. The van der Waals surface area contributed by atoms with Gasteiger partial charge in [0.05, 0.1) is 31.8 Å². The molecule has 0 spiro atoms. The Bertz CT molecular complexity index is 1000. The summed E-state index contributed by atoms with van der Waals surface area (Å²) < 4.78 is 10.8. The molecule has 184 valence electrons. The van der Waals surface area contributed by atoms with Crippen molar-refractivity contribution in [2.45, 2.75) is 32.6 Å². The molecule has 0 saturated carbocycles. The zero-order valence-electron chi connectivity index (χ0n) is 19.1. The van der Waals surface area contributed by atoms with Gasteiger partial charge in [-0.3, -0.25) is 19.6 Å². The second kappa shape index (κ2) is 13.0. The lowest BCUT2D eigenvalue weighted by atomic mass is 10.0. The van der Waals surface area contributed by atoms with E-state index >= 15 is 0 Å². The van der Waals surface area contributed by atoms with Crippen LogP contribution in [0.2, 0.25) is 0 Å². The summed E-state index contributed by atoms with van der Waals surface area (Å²) in [5, 5.41) is 24.3. The number of nitrogens with zero attached hydrogens (tertiary/aromatic N) is 1. The highest BCUT2D eigenvalue weighted by Gasteiger charge is 2.22. The zero-order valence-corrected chi connectivity index (χ0v) is 19.1. The number of hydrogen-bond acceptors (Lipinski definition) is 7. The molecule has 2 aromatic rings. The van der Waals surface area contributed by atoms with Gasteiger partial charge in [-0.05, 0) is 30.7 Å². The molecule has 11 heteroatoms. The van der Waals surface area contributed by atoms with Gasteiger partial charge >= 0.3 is 5.97 Å². The van der Waals surface area contributed by atoms with Crippen molar-refractivity contribution in [3.05, 3.63) is 41.7 Å². The van der Waals surface area contributed by atoms with Crippen LogP contribution in [0.4, 0.5) is 0 Å². The van der Waals surface area contributed by atoms with Crippen molar-refractivity contribution in [1.82, 2.24) is 15.7 Å². The topological polar surface area (TPSA) is 158 Å². The number of carboxylic acids is 1. The van der Waals surface area contributed by atoms with Gasteiger partial charge in [0.25, 0.3) is 5.91 Å². The summed E-state index contributed by atoms with van der Waals surface area (Å²) in [5.41, 5.74) is 0.322. The van der Waals surface area contributed by atoms with E-state index in [0.29, 0.717) is 17.0 Å². The first-order valence-electron chi connectivity index (χ1n) is 10.8. The summed E-state index contributed by atoms with van der Waals surface area (Å²) in [7, 11) is 1.34. The van der Waals surface area contributed by atoms with Crippen LogP contribution in [0.1, 0.15) is 53.5 Å². The second-order valence-corrected chi connectivity index (χ2v) is 7.50. The van der Waals surface area contributed by atoms with Gasteiger partial charge in [0.15, 0.2) is 5.76 Å². The first-order valence-corrected chi connectivity index (χ1v) is 10.8. The molecule has 0 aliphatic carbocycles. The fourth-order valence-electron chi connectivity index (χ4n) is 3.38. The number of hydroxylamine groups is 2. The van der Waals surface area contributed by atoms with Gasteiger partial charge in [0.1, 0.15) is 17.1 Å². The van der Waals surface area contributed by atoms with E-state index in [0.717, 1.165) is 19.3 Å². The van der Waals surface area contributed by atoms with E-state index in [9.17, 15) is 29.5 Å². The number of carbonyl (C=O) groups excluding carboxylic acids is 3. The smallest absolute Gasteiger partial charge is 0.339 e. The molecule has 34 heavy (non-hydrogen) atoms. The van der Waals surface area contributed by atoms with E-state index < -0.39 is 23.7 Å². The standard InChI is InChI=1S/C23H29N3O8/c1-3-4-5-7-15(12-26(32)14-27)21(28)24-13-25-22(29)19-11-10-18(34-19)16-8-6-9-17(23(30)31)20(16)33-2/h6,8-11,14-15,32H,3-5,7,12-13H2,1-2H3,(H,24,28)(H,25,29)(H,30,31). The van der Waals surface area contributed by atoms with Crippen LogP contribution in [0.5, 0.6) is 5.75 Å². The van der Waals surface area contributed by atoms with E-state index in [-0.39, 0.29) is 42.5 Å². The largest absolute Gasteiger partial charge is 0.495 e. The number of para-hydroxylation sites is 1. The normalized spacial score (nSPS) is 11.4. The molecule has 11 nitrogen and oxygen atoms in total. The first kappa shape index (κ1) is 26.4.